The van der Waals surface area contributed by atoms with Crippen molar-refractivity contribution in [3.63, 3.8) is 0 Å². The number of nitrogens with zero attached hydrogens (tertiary/aromatic N) is 2. The maximum atomic E-state index is 12.2. The van der Waals surface area contributed by atoms with Crippen LogP contribution in [0, 0.1) is 22.0 Å². The zero-order chi connectivity index (χ0) is 14.2. The summed E-state index contributed by atoms with van der Waals surface area (Å²) < 4.78 is 0. The highest BCUT2D eigenvalue weighted by Gasteiger charge is 2.34. The molecule has 2 N–H and O–H groups in total. The van der Waals surface area contributed by atoms with Crippen molar-refractivity contribution in [2.24, 2.45) is 11.8 Å². The maximum absolute atomic E-state index is 12.2. The minimum atomic E-state index is -0.574. The summed E-state index contributed by atoms with van der Waals surface area (Å²) in [5.74, 6) is 0.923. The van der Waals surface area contributed by atoms with Gasteiger partial charge in [0, 0.05) is 19.7 Å². The van der Waals surface area contributed by atoms with E-state index in [1.165, 1.54) is 18.2 Å². The van der Waals surface area contributed by atoms with Crippen LogP contribution in [0.2, 0.25) is 0 Å². The number of nitrogen functional groups attached to an aromatic ring is 1. The number of hydrogen-bond donors (Lipinski definition) is 1. The number of carbonyl (C=O) groups excluding carboxylic acids is 1. The third-order valence-electron chi connectivity index (χ3n) is 3.64. The van der Waals surface area contributed by atoms with Crippen molar-refractivity contribution in [2.75, 3.05) is 19.3 Å². The first kappa shape index (κ1) is 13.3. The molecule has 0 spiro atoms. The van der Waals surface area contributed by atoms with E-state index in [0.29, 0.717) is 18.4 Å². The molecule has 6 nitrogen and oxygen atoms in total. The summed E-state index contributed by atoms with van der Waals surface area (Å²) in [5, 5.41) is 10.8. The van der Waals surface area contributed by atoms with E-state index in [-0.39, 0.29) is 22.8 Å². The van der Waals surface area contributed by atoms with Crippen molar-refractivity contribution >= 4 is 17.3 Å². The number of anilines is 1. The molecule has 0 heterocycles. The largest absolute Gasteiger partial charge is 0.393 e. The van der Waals surface area contributed by atoms with Gasteiger partial charge in [-0.25, -0.2) is 0 Å². The highest BCUT2D eigenvalue weighted by Crippen LogP contribution is 2.38. The van der Waals surface area contributed by atoms with Crippen LogP contribution >= 0.6 is 0 Å². The molecular formula is C13H17N3O3. The Morgan fingerprint density at radius 2 is 2.21 bits per heavy atom. The van der Waals surface area contributed by atoms with Gasteiger partial charge in [-0.15, -0.1) is 0 Å². The summed E-state index contributed by atoms with van der Waals surface area (Å²) in [4.78, 5) is 24.0. The lowest BCUT2D eigenvalue weighted by Crippen LogP contribution is -2.29. The Hall–Kier alpha value is -2.11. The molecule has 1 amide bonds. The van der Waals surface area contributed by atoms with E-state index in [1.54, 1.807) is 11.9 Å². The second-order valence-corrected chi connectivity index (χ2v) is 5.15. The molecule has 0 saturated heterocycles. The Balaban J connectivity index is 2.18. The average molecular weight is 263 g/mol. The highest BCUT2D eigenvalue weighted by atomic mass is 16.6. The second-order valence-electron chi connectivity index (χ2n) is 5.15. The van der Waals surface area contributed by atoms with Crippen LogP contribution in [0.15, 0.2) is 18.2 Å². The van der Waals surface area contributed by atoms with Crippen LogP contribution in [-0.2, 0) is 0 Å². The van der Waals surface area contributed by atoms with Crippen LogP contribution in [-0.4, -0.2) is 29.3 Å². The van der Waals surface area contributed by atoms with Gasteiger partial charge in [0.05, 0.1) is 10.5 Å². The van der Waals surface area contributed by atoms with Gasteiger partial charge >= 0.3 is 0 Å². The molecule has 102 valence electrons. The average Bonchev–Trinajstić information content (AvgIpc) is 3.03. The number of nitro groups is 1. The van der Waals surface area contributed by atoms with E-state index in [9.17, 15) is 14.9 Å². The number of rotatable bonds is 4. The number of benzene rings is 1. The van der Waals surface area contributed by atoms with E-state index in [1.807, 2.05) is 0 Å². The molecule has 2 unspecified atom stereocenters. The van der Waals surface area contributed by atoms with Gasteiger partial charge in [-0.1, -0.05) is 13.0 Å². The summed E-state index contributed by atoms with van der Waals surface area (Å²) in [5.41, 5.74) is 5.62. The number of nitro benzene ring substituents is 1. The van der Waals surface area contributed by atoms with Gasteiger partial charge in [-0.3, -0.25) is 14.9 Å². The fourth-order valence-electron chi connectivity index (χ4n) is 2.19. The SMILES string of the molecule is CC1CC1CN(C)C(=O)c1cccc([N+](=O)[O-])c1N. The summed E-state index contributed by atoms with van der Waals surface area (Å²) >= 11 is 0. The smallest absolute Gasteiger partial charge is 0.292 e. The third-order valence-corrected chi connectivity index (χ3v) is 3.64. The Labute approximate surface area is 111 Å². The molecule has 19 heavy (non-hydrogen) atoms. The summed E-state index contributed by atoms with van der Waals surface area (Å²) in [7, 11) is 1.70. The zero-order valence-electron chi connectivity index (χ0n) is 11.0. The fraction of sp³-hybridized carbons (Fsp3) is 0.462. The molecule has 0 aromatic heterocycles. The quantitative estimate of drug-likeness (QED) is 0.510. The lowest BCUT2D eigenvalue weighted by atomic mass is 10.1. The van der Waals surface area contributed by atoms with Crippen molar-refractivity contribution in [1.82, 2.24) is 4.90 Å². The molecule has 0 bridgehead atoms. The van der Waals surface area contributed by atoms with E-state index in [0.717, 1.165) is 6.42 Å². The maximum Gasteiger partial charge on any atom is 0.292 e. The Kier molecular flexibility index (Phi) is 3.42. The van der Waals surface area contributed by atoms with Gasteiger partial charge < -0.3 is 10.6 Å². The first-order valence-corrected chi connectivity index (χ1v) is 6.20. The molecule has 1 fully saturated rings. The van der Waals surface area contributed by atoms with E-state index in [4.69, 9.17) is 5.73 Å². The zero-order valence-corrected chi connectivity index (χ0v) is 11.0. The second kappa shape index (κ2) is 4.87. The lowest BCUT2D eigenvalue weighted by Gasteiger charge is -2.18. The van der Waals surface area contributed by atoms with Crippen molar-refractivity contribution in [3.8, 4) is 0 Å². The van der Waals surface area contributed by atoms with Gasteiger partial charge in [0.1, 0.15) is 5.69 Å². The molecule has 1 aromatic carbocycles. The molecule has 1 aliphatic rings. The van der Waals surface area contributed by atoms with E-state index >= 15 is 0 Å². The minimum Gasteiger partial charge on any atom is -0.393 e. The molecule has 6 heteroatoms. The van der Waals surface area contributed by atoms with Gasteiger partial charge in [0.2, 0.25) is 0 Å². The van der Waals surface area contributed by atoms with Crippen LogP contribution in [0.4, 0.5) is 11.4 Å². The number of hydrogen-bond acceptors (Lipinski definition) is 4. The third kappa shape index (κ3) is 2.67. The predicted octanol–water partition coefficient (Wildman–Crippen LogP) is 1.91. The van der Waals surface area contributed by atoms with E-state index < -0.39 is 4.92 Å². The van der Waals surface area contributed by atoms with Crippen molar-refractivity contribution < 1.29 is 9.72 Å². The van der Waals surface area contributed by atoms with Crippen LogP contribution in [0.5, 0.6) is 0 Å². The van der Waals surface area contributed by atoms with Gasteiger partial charge in [0.25, 0.3) is 11.6 Å². The van der Waals surface area contributed by atoms with Gasteiger partial charge in [-0.2, -0.15) is 0 Å². The van der Waals surface area contributed by atoms with Gasteiger partial charge in [-0.05, 0) is 24.3 Å². The predicted molar refractivity (Wildman–Crippen MR) is 71.7 cm³/mol. The topological polar surface area (TPSA) is 89.5 Å². The Morgan fingerprint density at radius 3 is 2.74 bits per heavy atom. The summed E-state index contributed by atoms with van der Waals surface area (Å²) in [6.45, 7) is 2.81. The Morgan fingerprint density at radius 1 is 1.58 bits per heavy atom. The van der Waals surface area contributed by atoms with Crippen LogP contribution in [0.25, 0.3) is 0 Å². The molecule has 0 radical (unpaired) electrons. The Bertz CT molecular complexity index is 530. The standard InChI is InChI=1S/C13H17N3O3/c1-8-6-9(8)7-15(2)13(17)10-4-3-5-11(12(10)14)16(18)19/h3-5,8-9H,6-7,14H2,1-2H3. The summed E-state index contributed by atoms with van der Waals surface area (Å²) in [6, 6.07) is 4.31. The summed E-state index contributed by atoms with van der Waals surface area (Å²) in [6.07, 6.45) is 1.13. The molecule has 1 aromatic rings. The lowest BCUT2D eigenvalue weighted by molar-refractivity contribution is -0.383. The van der Waals surface area contributed by atoms with Crippen molar-refractivity contribution in [2.45, 2.75) is 13.3 Å². The molecule has 1 saturated carbocycles. The molecule has 2 rings (SSSR count). The highest BCUT2D eigenvalue weighted by molar-refractivity contribution is 6.00. The van der Waals surface area contributed by atoms with Crippen molar-refractivity contribution in [1.29, 1.82) is 0 Å². The minimum absolute atomic E-state index is 0.0619. The molecule has 2 atom stereocenters. The number of nitrogens with two attached hydrogens (primary N) is 1. The molecule has 0 aliphatic heterocycles. The number of amides is 1. The van der Waals surface area contributed by atoms with Crippen LogP contribution < -0.4 is 5.73 Å². The normalized spacial score (nSPS) is 20.9. The van der Waals surface area contributed by atoms with Crippen molar-refractivity contribution in [3.05, 3.63) is 33.9 Å². The molecule has 1 aliphatic carbocycles. The van der Waals surface area contributed by atoms with Crippen LogP contribution in [0.3, 0.4) is 0 Å². The fourth-order valence-corrected chi connectivity index (χ4v) is 2.19. The monoisotopic (exact) mass is 263 g/mol. The molecular weight excluding hydrogens is 246 g/mol. The first-order valence-electron chi connectivity index (χ1n) is 6.20. The number of carbonyl (C=O) groups is 1. The van der Waals surface area contributed by atoms with Crippen LogP contribution in [0.1, 0.15) is 23.7 Å². The number of para-hydroxylation sites is 1. The van der Waals surface area contributed by atoms with Gasteiger partial charge in [0.15, 0.2) is 0 Å². The first-order chi connectivity index (χ1) is 8.91. The van der Waals surface area contributed by atoms with E-state index in [2.05, 4.69) is 6.92 Å².